The molecule has 8 nitrogen and oxygen atoms in total. The Morgan fingerprint density at radius 1 is 0.893 bits per heavy atom. The van der Waals surface area contributed by atoms with Crippen LogP contribution < -0.4 is 15.9 Å². The molecule has 8 heteroatoms. The van der Waals surface area contributed by atoms with Crippen LogP contribution in [0.5, 0.6) is 0 Å². The summed E-state index contributed by atoms with van der Waals surface area (Å²) in [4.78, 5) is 0. The predicted octanol–water partition coefficient (Wildman–Crippen LogP) is 5.46. The van der Waals surface area contributed by atoms with Crippen molar-refractivity contribution in [2.45, 2.75) is 70.6 Å². The van der Waals surface area contributed by atoms with E-state index in [-0.39, 0.29) is 16.6 Å². The van der Waals surface area contributed by atoms with E-state index in [1.54, 1.807) is 0 Å². The lowest BCUT2D eigenvalue weighted by atomic mass is 9.80. The molecule has 0 atom stereocenters. The van der Waals surface area contributed by atoms with Crippen molar-refractivity contribution in [3.8, 4) is 0 Å². The van der Waals surface area contributed by atoms with Gasteiger partial charge in [0, 0.05) is 12.1 Å². The molecule has 154 valence electrons. The first-order chi connectivity index (χ1) is 13.6. The molecule has 0 unspecified atom stereocenters. The molecule has 1 aromatic rings. The molecule has 0 aliphatic heterocycles. The van der Waals surface area contributed by atoms with Crippen molar-refractivity contribution in [3.63, 3.8) is 0 Å². The third-order valence-corrected chi connectivity index (χ3v) is 5.53. The Morgan fingerprint density at radius 3 is 2.18 bits per heavy atom. The summed E-state index contributed by atoms with van der Waals surface area (Å²) in [6.45, 7) is 0. The van der Waals surface area contributed by atoms with Crippen molar-refractivity contribution < 1.29 is 10.4 Å². The molecule has 0 fully saturated rings. The van der Waals surface area contributed by atoms with Crippen LogP contribution >= 0.6 is 0 Å². The first-order valence-electron chi connectivity index (χ1n) is 10.1. The van der Waals surface area contributed by atoms with Gasteiger partial charge in [0.25, 0.3) is 0 Å². The van der Waals surface area contributed by atoms with Gasteiger partial charge < -0.3 is 15.6 Å². The van der Waals surface area contributed by atoms with Crippen LogP contribution in [0.15, 0.2) is 34.4 Å². The molecule has 2 aliphatic carbocycles. The SMILES string of the molecule is [O-]N([O-])c1ccc(N/N=C2\CC3=C2CCCCCCCCCC3)c(N(O)O)c1. The molecule has 0 radical (unpaired) electrons. The summed E-state index contributed by atoms with van der Waals surface area (Å²) in [6, 6.07) is 3.81. The zero-order valence-electron chi connectivity index (χ0n) is 16.1. The summed E-state index contributed by atoms with van der Waals surface area (Å²) in [5.74, 6) is 0. The van der Waals surface area contributed by atoms with Gasteiger partial charge in [-0.05, 0) is 49.5 Å². The Balaban J connectivity index is 1.72. The van der Waals surface area contributed by atoms with Gasteiger partial charge in [0.15, 0.2) is 0 Å². The molecule has 3 N–H and O–H groups in total. The zero-order valence-corrected chi connectivity index (χ0v) is 16.1. The highest BCUT2D eigenvalue weighted by Crippen LogP contribution is 2.35. The quantitative estimate of drug-likeness (QED) is 0.586. The summed E-state index contributed by atoms with van der Waals surface area (Å²) in [5, 5.41) is 44.3. The Hall–Kier alpha value is -2.13. The fourth-order valence-electron chi connectivity index (χ4n) is 3.90. The van der Waals surface area contributed by atoms with E-state index >= 15 is 0 Å². The molecular formula is C20H28N4O4-2. The van der Waals surface area contributed by atoms with E-state index in [1.165, 1.54) is 74.6 Å². The molecular weight excluding hydrogens is 360 g/mol. The van der Waals surface area contributed by atoms with Crippen LogP contribution in [0.4, 0.5) is 17.1 Å². The fourth-order valence-corrected chi connectivity index (χ4v) is 3.90. The normalized spacial score (nSPS) is 19.9. The lowest BCUT2D eigenvalue weighted by Crippen LogP contribution is -2.21. The molecule has 2 aliphatic rings. The zero-order chi connectivity index (χ0) is 19.9. The highest BCUT2D eigenvalue weighted by atomic mass is 16.8. The second-order valence-electron chi connectivity index (χ2n) is 7.51. The number of rotatable bonds is 4. The van der Waals surface area contributed by atoms with E-state index in [0.29, 0.717) is 5.69 Å². The van der Waals surface area contributed by atoms with Gasteiger partial charge in [0.05, 0.1) is 11.4 Å². The highest BCUT2D eigenvalue weighted by molar-refractivity contribution is 6.09. The van der Waals surface area contributed by atoms with E-state index in [2.05, 4.69) is 10.5 Å². The monoisotopic (exact) mass is 388 g/mol. The minimum absolute atomic E-state index is 0.120. The molecule has 0 aromatic heterocycles. The van der Waals surface area contributed by atoms with Gasteiger partial charge >= 0.3 is 0 Å². The Kier molecular flexibility index (Phi) is 7.27. The fraction of sp³-hybridized carbons (Fsp3) is 0.550. The van der Waals surface area contributed by atoms with Crippen LogP contribution in [0.2, 0.25) is 0 Å². The second-order valence-corrected chi connectivity index (χ2v) is 7.51. The lowest BCUT2D eigenvalue weighted by molar-refractivity contribution is 0.0295. The van der Waals surface area contributed by atoms with Crippen molar-refractivity contribution in [1.82, 2.24) is 0 Å². The number of hydrazone groups is 1. The molecule has 0 saturated heterocycles. The minimum Gasteiger partial charge on any atom is -0.769 e. The number of hydrogen-bond donors (Lipinski definition) is 3. The first kappa shape index (κ1) is 20.6. The molecule has 0 bridgehead atoms. The van der Waals surface area contributed by atoms with Crippen molar-refractivity contribution in [2.75, 3.05) is 15.9 Å². The number of allylic oxidation sites excluding steroid dienone is 2. The van der Waals surface area contributed by atoms with Gasteiger partial charge in [0.2, 0.25) is 0 Å². The topological polar surface area (TPSA) is 117 Å². The largest absolute Gasteiger partial charge is 0.769 e. The van der Waals surface area contributed by atoms with E-state index in [0.717, 1.165) is 31.0 Å². The maximum absolute atomic E-state index is 10.9. The number of hydrogen-bond acceptors (Lipinski definition) is 8. The average molecular weight is 388 g/mol. The summed E-state index contributed by atoms with van der Waals surface area (Å²) in [7, 11) is 0. The number of benzene rings is 1. The van der Waals surface area contributed by atoms with Gasteiger partial charge in [-0.25, -0.2) is 0 Å². The summed E-state index contributed by atoms with van der Waals surface area (Å²) in [5.41, 5.74) is 6.63. The smallest absolute Gasteiger partial charge is 0.121 e. The third-order valence-electron chi connectivity index (χ3n) is 5.53. The summed E-state index contributed by atoms with van der Waals surface area (Å²) in [6.07, 6.45) is 13.3. The minimum atomic E-state index is -0.587. The van der Waals surface area contributed by atoms with Crippen LogP contribution in [0, 0.1) is 10.4 Å². The lowest BCUT2D eigenvalue weighted by Gasteiger charge is -2.38. The van der Waals surface area contributed by atoms with Crippen molar-refractivity contribution in [1.29, 1.82) is 0 Å². The van der Waals surface area contributed by atoms with Crippen LogP contribution in [0.1, 0.15) is 70.6 Å². The van der Waals surface area contributed by atoms with Gasteiger partial charge in [-0.1, -0.05) is 44.1 Å². The van der Waals surface area contributed by atoms with E-state index in [1.807, 2.05) is 0 Å². The molecule has 0 heterocycles. The molecule has 0 amide bonds. The standard InChI is InChI=1S/C20H28N4O4/c25-23(26)16-11-12-18(20(14-16)24(27)28)21-22-19-13-15-9-7-5-3-1-2-4-6-8-10-17(15)19/h11-12,14,21,27-28H,1-10,13H2/q-2/b22-19+. The summed E-state index contributed by atoms with van der Waals surface area (Å²) < 4.78 is 0. The number of anilines is 3. The summed E-state index contributed by atoms with van der Waals surface area (Å²) >= 11 is 0. The van der Waals surface area contributed by atoms with Gasteiger partial charge in [-0.15, -0.1) is 5.23 Å². The molecule has 28 heavy (non-hydrogen) atoms. The van der Waals surface area contributed by atoms with Crippen molar-refractivity contribution in [3.05, 3.63) is 39.8 Å². The van der Waals surface area contributed by atoms with Gasteiger partial charge in [-0.3, -0.25) is 15.8 Å². The predicted molar refractivity (Wildman–Crippen MR) is 111 cm³/mol. The molecule has 1 aromatic carbocycles. The molecule has 3 rings (SSSR count). The van der Waals surface area contributed by atoms with Gasteiger partial charge in [0.1, 0.15) is 5.69 Å². The Bertz CT molecular complexity index is 731. The van der Waals surface area contributed by atoms with Crippen LogP contribution in [0.3, 0.4) is 0 Å². The third kappa shape index (κ3) is 5.23. The van der Waals surface area contributed by atoms with Crippen LogP contribution in [0.25, 0.3) is 0 Å². The van der Waals surface area contributed by atoms with Crippen molar-refractivity contribution >= 4 is 22.8 Å². The number of nitrogens with zero attached hydrogens (tertiary/aromatic N) is 3. The molecule has 0 saturated carbocycles. The maximum Gasteiger partial charge on any atom is 0.121 e. The Morgan fingerprint density at radius 2 is 1.54 bits per heavy atom. The van der Waals surface area contributed by atoms with E-state index in [9.17, 15) is 20.8 Å². The van der Waals surface area contributed by atoms with Gasteiger partial charge in [-0.2, -0.15) is 5.10 Å². The average Bonchev–Trinajstić information content (AvgIpc) is 2.65. The van der Waals surface area contributed by atoms with Crippen molar-refractivity contribution in [2.24, 2.45) is 5.10 Å². The first-order valence-corrected chi connectivity index (χ1v) is 10.1. The number of nitrogens with one attached hydrogen (secondary N) is 1. The molecule has 0 spiro atoms. The Labute approximate surface area is 165 Å². The van der Waals surface area contributed by atoms with Crippen LogP contribution in [-0.4, -0.2) is 16.1 Å². The van der Waals surface area contributed by atoms with Crippen LogP contribution in [-0.2, 0) is 0 Å². The highest BCUT2D eigenvalue weighted by Gasteiger charge is 2.24. The maximum atomic E-state index is 10.9. The van der Waals surface area contributed by atoms with E-state index in [4.69, 9.17) is 0 Å². The second kappa shape index (κ2) is 9.88. The van der Waals surface area contributed by atoms with E-state index < -0.39 is 5.23 Å².